The Morgan fingerprint density at radius 1 is 1.04 bits per heavy atom. The molecular formula is C19H18N2O2. The van der Waals surface area contributed by atoms with Gasteiger partial charge >= 0.3 is 0 Å². The van der Waals surface area contributed by atoms with Gasteiger partial charge in [0.25, 0.3) is 0 Å². The van der Waals surface area contributed by atoms with Crippen molar-refractivity contribution in [3.05, 3.63) is 70.9 Å². The van der Waals surface area contributed by atoms with Crippen LogP contribution < -0.4 is 0 Å². The Balaban J connectivity index is 2.21. The molecule has 1 N–H and O–H groups in total. The van der Waals surface area contributed by atoms with Crippen molar-refractivity contribution in [1.29, 1.82) is 0 Å². The molecule has 0 fully saturated rings. The van der Waals surface area contributed by atoms with Crippen molar-refractivity contribution in [2.24, 2.45) is 4.99 Å². The van der Waals surface area contributed by atoms with Crippen molar-refractivity contribution in [3.63, 3.8) is 0 Å². The van der Waals surface area contributed by atoms with E-state index in [1.165, 1.54) is 0 Å². The SMILES string of the molecule is Cc1ccc(N=C2C=C(N(C)C)C(=O)c3cccc(O)c32)cc1. The second-order valence-electron chi connectivity index (χ2n) is 5.79. The number of nitrogens with zero attached hydrogens (tertiary/aromatic N) is 2. The summed E-state index contributed by atoms with van der Waals surface area (Å²) in [6, 6.07) is 12.8. The van der Waals surface area contributed by atoms with Gasteiger partial charge in [-0.3, -0.25) is 4.79 Å². The van der Waals surface area contributed by atoms with E-state index in [1.807, 2.05) is 45.3 Å². The third-order valence-electron chi connectivity index (χ3n) is 3.81. The Morgan fingerprint density at radius 3 is 2.39 bits per heavy atom. The Morgan fingerprint density at radius 2 is 1.74 bits per heavy atom. The number of carbonyl (C=O) groups is 1. The van der Waals surface area contributed by atoms with Gasteiger partial charge < -0.3 is 10.0 Å². The number of allylic oxidation sites excluding steroid dienone is 2. The fourth-order valence-electron chi connectivity index (χ4n) is 2.58. The van der Waals surface area contributed by atoms with Gasteiger partial charge in [-0.05, 0) is 31.2 Å². The van der Waals surface area contributed by atoms with Crippen LogP contribution in [0, 0.1) is 6.92 Å². The number of rotatable bonds is 2. The third kappa shape index (κ3) is 2.75. The monoisotopic (exact) mass is 306 g/mol. The molecule has 116 valence electrons. The van der Waals surface area contributed by atoms with Crippen LogP contribution in [0.4, 0.5) is 5.69 Å². The average Bonchev–Trinajstić information content (AvgIpc) is 2.52. The standard InChI is InChI=1S/C19H18N2O2/c1-12-7-9-13(10-8-12)20-15-11-16(21(2)3)19(23)14-5-4-6-17(22)18(14)15/h4-11,22H,1-3H3. The number of ketones is 1. The molecule has 3 rings (SSSR count). The molecule has 0 radical (unpaired) electrons. The van der Waals surface area contributed by atoms with E-state index in [0.29, 0.717) is 22.5 Å². The summed E-state index contributed by atoms with van der Waals surface area (Å²) in [6.07, 6.45) is 1.73. The van der Waals surface area contributed by atoms with E-state index in [1.54, 1.807) is 29.2 Å². The second-order valence-corrected chi connectivity index (χ2v) is 5.79. The van der Waals surface area contributed by atoms with Crippen LogP contribution in [0.1, 0.15) is 21.5 Å². The zero-order valence-electron chi connectivity index (χ0n) is 13.4. The molecule has 0 aliphatic heterocycles. The Bertz CT molecular complexity index is 831. The van der Waals surface area contributed by atoms with Crippen LogP contribution in [0.5, 0.6) is 5.75 Å². The van der Waals surface area contributed by atoms with Gasteiger partial charge in [0.05, 0.1) is 22.7 Å². The lowest BCUT2D eigenvalue weighted by Crippen LogP contribution is -2.26. The zero-order valence-corrected chi connectivity index (χ0v) is 13.4. The molecule has 2 aromatic carbocycles. The van der Waals surface area contributed by atoms with Crippen molar-refractivity contribution in [3.8, 4) is 5.75 Å². The molecule has 0 heterocycles. The van der Waals surface area contributed by atoms with Crippen molar-refractivity contribution in [2.75, 3.05) is 14.1 Å². The van der Waals surface area contributed by atoms with E-state index in [2.05, 4.69) is 4.99 Å². The lowest BCUT2D eigenvalue weighted by molar-refractivity contribution is 0.100. The molecule has 4 heteroatoms. The summed E-state index contributed by atoms with van der Waals surface area (Å²) in [6.45, 7) is 2.02. The van der Waals surface area contributed by atoms with E-state index in [4.69, 9.17) is 0 Å². The molecule has 0 spiro atoms. The van der Waals surface area contributed by atoms with Gasteiger partial charge in [0.15, 0.2) is 0 Å². The second kappa shape index (κ2) is 5.72. The minimum Gasteiger partial charge on any atom is -0.507 e. The highest BCUT2D eigenvalue weighted by atomic mass is 16.3. The van der Waals surface area contributed by atoms with Crippen molar-refractivity contribution in [1.82, 2.24) is 4.90 Å². The highest BCUT2D eigenvalue weighted by Crippen LogP contribution is 2.31. The van der Waals surface area contributed by atoms with Crippen molar-refractivity contribution < 1.29 is 9.90 Å². The summed E-state index contributed by atoms with van der Waals surface area (Å²) >= 11 is 0. The lowest BCUT2D eigenvalue weighted by atomic mass is 9.91. The molecule has 23 heavy (non-hydrogen) atoms. The predicted molar refractivity (Wildman–Crippen MR) is 91.6 cm³/mol. The number of phenols is 1. The number of fused-ring (bicyclic) bond motifs is 1. The normalized spacial score (nSPS) is 15.3. The van der Waals surface area contributed by atoms with Gasteiger partial charge in [0.2, 0.25) is 5.78 Å². The molecule has 0 unspecified atom stereocenters. The first kappa shape index (κ1) is 15.0. The molecule has 0 amide bonds. The van der Waals surface area contributed by atoms with Crippen LogP contribution in [0.15, 0.2) is 59.2 Å². The first-order chi connectivity index (χ1) is 11.0. The Labute approximate surface area is 135 Å². The lowest BCUT2D eigenvalue weighted by Gasteiger charge is -2.23. The summed E-state index contributed by atoms with van der Waals surface area (Å²) in [5.41, 5.74) is 4.04. The molecule has 1 aliphatic rings. The number of Topliss-reactive ketones (excluding diaryl/α,β-unsaturated/α-hetero) is 1. The Kier molecular flexibility index (Phi) is 3.74. The van der Waals surface area contributed by atoms with Crippen LogP contribution in [0.25, 0.3) is 0 Å². The average molecular weight is 306 g/mol. The number of aromatic hydroxyl groups is 1. The van der Waals surface area contributed by atoms with Gasteiger partial charge in [0.1, 0.15) is 5.75 Å². The molecule has 0 aromatic heterocycles. The topological polar surface area (TPSA) is 52.9 Å². The molecular weight excluding hydrogens is 288 g/mol. The van der Waals surface area contributed by atoms with E-state index in [0.717, 1.165) is 11.3 Å². The number of carbonyl (C=O) groups excluding carboxylic acids is 1. The van der Waals surface area contributed by atoms with Crippen LogP contribution in [0.3, 0.4) is 0 Å². The van der Waals surface area contributed by atoms with Crippen LogP contribution in [-0.2, 0) is 0 Å². The number of benzene rings is 2. The van der Waals surface area contributed by atoms with Gasteiger partial charge in [-0.25, -0.2) is 4.99 Å². The maximum absolute atomic E-state index is 12.6. The summed E-state index contributed by atoms with van der Waals surface area (Å²) in [5.74, 6) is -0.0421. The summed E-state index contributed by atoms with van der Waals surface area (Å²) in [4.78, 5) is 19.0. The van der Waals surface area contributed by atoms with E-state index < -0.39 is 0 Å². The van der Waals surface area contributed by atoms with Crippen LogP contribution in [0.2, 0.25) is 0 Å². The van der Waals surface area contributed by atoms with Gasteiger partial charge in [0, 0.05) is 19.7 Å². The van der Waals surface area contributed by atoms with E-state index in [-0.39, 0.29) is 11.5 Å². The quantitative estimate of drug-likeness (QED) is 0.924. The number of phenolic OH excluding ortho intramolecular Hbond substituents is 1. The van der Waals surface area contributed by atoms with Gasteiger partial charge in [-0.1, -0.05) is 29.8 Å². The third-order valence-corrected chi connectivity index (χ3v) is 3.81. The molecule has 1 aliphatic carbocycles. The number of hydrogen-bond acceptors (Lipinski definition) is 4. The largest absolute Gasteiger partial charge is 0.507 e. The minimum atomic E-state index is -0.108. The highest BCUT2D eigenvalue weighted by Gasteiger charge is 2.27. The maximum atomic E-state index is 12.6. The smallest absolute Gasteiger partial charge is 0.209 e. The molecule has 0 saturated heterocycles. The molecule has 0 saturated carbocycles. The first-order valence-electron chi connectivity index (χ1n) is 7.39. The van der Waals surface area contributed by atoms with Crippen LogP contribution in [-0.4, -0.2) is 35.6 Å². The number of aliphatic imine (C=N–C) groups is 1. The van der Waals surface area contributed by atoms with Crippen molar-refractivity contribution in [2.45, 2.75) is 6.92 Å². The molecule has 0 bridgehead atoms. The minimum absolute atomic E-state index is 0.0655. The zero-order chi connectivity index (χ0) is 16.6. The number of aryl methyl sites for hydroxylation is 1. The maximum Gasteiger partial charge on any atom is 0.209 e. The van der Waals surface area contributed by atoms with E-state index in [9.17, 15) is 9.90 Å². The molecule has 4 nitrogen and oxygen atoms in total. The van der Waals surface area contributed by atoms with Gasteiger partial charge in [-0.15, -0.1) is 0 Å². The number of likely N-dealkylation sites (N-methyl/N-ethyl adjacent to an activating group) is 1. The van der Waals surface area contributed by atoms with Crippen molar-refractivity contribution >= 4 is 17.2 Å². The van der Waals surface area contributed by atoms with Crippen LogP contribution >= 0.6 is 0 Å². The van der Waals surface area contributed by atoms with Gasteiger partial charge in [-0.2, -0.15) is 0 Å². The summed E-state index contributed by atoms with van der Waals surface area (Å²) in [5, 5.41) is 10.2. The highest BCUT2D eigenvalue weighted by molar-refractivity contribution is 6.27. The van der Waals surface area contributed by atoms with E-state index >= 15 is 0 Å². The predicted octanol–water partition coefficient (Wildman–Crippen LogP) is 3.46. The Hall–Kier alpha value is -2.88. The molecule has 0 atom stereocenters. The number of hydrogen-bond donors (Lipinski definition) is 1. The summed E-state index contributed by atoms with van der Waals surface area (Å²) < 4.78 is 0. The molecule has 2 aromatic rings. The fraction of sp³-hybridized carbons (Fsp3) is 0.158. The first-order valence-corrected chi connectivity index (χ1v) is 7.39. The summed E-state index contributed by atoms with van der Waals surface area (Å²) in [7, 11) is 3.64. The fourth-order valence-corrected chi connectivity index (χ4v) is 2.58.